The summed E-state index contributed by atoms with van der Waals surface area (Å²) in [5.41, 5.74) is 9.46. The minimum atomic E-state index is 0. The molecule has 1 unspecified atom stereocenters. The number of nitrogens with zero attached hydrogens (tertiary/aromatic N) is 7. The average Bonchev–Trinajstić information content (AvgIpc) is 3.10. The molecule has 10 heteroatoms. The molecule has 0 radical (unpaired) electrons. The summed E-state index contributed by atoms with van der Waals surface area (Å²) in [7, 11) is 0. The molecular weight excluding hydrogens is 411 g/mol. The number of aromatic nitrogens is 6. The van der Waals surface area contributed by atoms with Crippen LogP contribution in [-0.4, -0.2) is 49.1 Å². The molecule has 4 aromatic rings. The molecule has 1 saturated heterocycles. The molecule has 1 aliphatic heterocycles. The van der Waals surface area contributed by atoms with Crippen molar-refractivity contribution in [3.8, 4) is 0 Å². The van der Waals surface area contributed by atoms with Crippen LogP contribution in [0, 0.1) is 0 Å². The summed E-state index contributed by atoms with van der Waals surface area (Å²) < 4.78 is 1.80. The maximum atomic E-state index is 6.11. The molecule has 1 aliphatic rings. The van der Waals surface area contributed by atoms with Crippen molar-refractivity contribution in [3.05, 3.63) is 48.3 Å². The molecule has 0 aliphatic carbocycles. The second-order valence-corrected chi connectivity index (χ2v) is 7.00. The fraction of sp³-hybridized carbons (Fsp3) is 0.316. The largest absolute Gasteiger partial charge is 0.354 e. The molecule has 2 N–H and O–H groups in total. The van der Waals surface area contributed by atoms with Crippen LogP contribution in [0.5, 0.6) is 0 Å². The van der Waals surface area contributed by atoms with E-state index in [1.165, 1.54) is 0 Å². The zero-order valence-electron chi connectivity index (χ0n) is 15.7. The summed E-state index contributed by atoms with van der Waals surface area (Å²) in [5.74, 6) is 0.837. The van der Waals surface area contributed by atoms with Crippen LogP contribution in [0.4, 0.5) is 5.82 Å². The first-order valence-electron chi connectivity index (χ1n) is 9.17. The summed E-state index contributed by atoms with van der Waals surface area (Å²) in [4.78, 5) is 15.8. The van der Waals surface area contributed by atoms with Crippen molar-refractivity contribution in [3.63, 3.8) is 0 Å². The minimum absolute atomic E-state index is 0. The molecule has 1 atom stereocenters. The Morgan fingerprint density at radius 3 is 2.90 bits per heavy atom. The van der Waals surface area contributed by atoms with Crippen LogP contribution in [0.15, 0.2) is 42.7 Å². The summed E-state index contributed by atoms with van der Waals surface area (Å²) in [6, 6.07) is 10.4. The number of piperidine rings is 1. The molecule has 5 rings (SSSR count). The number of halogens is 2. The van der Waals surface area contributed by atoms with Crippen LogP contribution in [-0.2, 0) is 6.54 Å². The number of hydrogen-bond donors (Lipinski definition) is 1. The van der Waals surface area contributed by atoms with Gasteiger partial charge in [-0.05, 0) is 36.6 Å². The average molecular weight is 433 g/mol. The van der Waals surface area contributed by atoms with Crippen molar-refractivity contribution < 1.29 is 0 Å². The Kier molecular flexibility index (Phi) is 6.46. The van der Waals surface area contributed by atoms with Crippen molar-refractivity contribution in [2.45, 2.75) is 25.4 Å². The van der Waals surface area contributed by atoms with E-state index >= 15 is 0 Å². The second-order valence-electron chi connectivity index (χ2n) is 7.00. The van der Waals surface area contributed by atoms with Gasteiger partial charge in [0.2, 0.25) is 5.65 Å². The van der Waals surface area contributed by atoms with Gasteiger partial charge in [0.25, 0.3) is 0 Å². The van der Waals surface area contributed by atoms with Crippen LogP contribution in [0.25, 0.3) is 22.2 Å². The normalized spacial score (nSPS) is 16.4. The van der Waals surface area contributed by atoms with Gasteiger partial charge in [-0.3, -0.25) is 4.98 Å². The highest BCUT2D eigenvalue weighted by Crippen LogP contribution is 2.20. The number of benzene rings is 1. The number of anilines is 1. The van der Waals surface area contributed by atoms with Gasteiger partial charge >= 0.3 is 0 Å². The highest BCUT2D eigenvalue weighted by atomic mass is 35.5. The number of pyridine rings is 1. The van der Waals surface area contributed by atoms with Crippen LogP contribution < -0.4 is 10.6 Å². The number of hydrogen-bond acceptors (Lipinski definition) is 7. The number of rotatable bonds is 3. The lowest BCUT2D eigenvalue weighted by Gasteiger charge is -2.31. The zero-order valence-corrected chi connectivity index (χ0v) is 17.3. The zero-order chi connectivity index (χ0) is 18.2. The number of fused-ring (bicyclic) bond motifs is 2. The maximum absolute atomic E-state index is 6.11. The molecule has 1 aromatic carbocycles. The van der Waals surface area contributed by atoms with Gasteiger partial charge in [0.05, 0.1) is 18.3 Å². The first kappa shape index (κ1) is 21.2. The van der Waals surface area contributed by atoms with Gasteiger partial charge in [-0.2, -0.15) is 0 Å². The smallest absolute Gasteiger partial charge is 0.221 e. The van der Waals surface area contributed by atoms with Crippen molar-refractivity contribution in [1.82, 2.24) is 29.9 Å². The third-order valence-corrected chi connectivity index (χ3v) is 5.00. The molecule has 3 aromatic heterocycles. The Balaban J connectivity index is 0.00000120. The van der Waals surface area contributed by atoms with E-state index in [-0.39, 0.29) is 30.9 Å². The van der Waals surface area contributed by atoms with Gasteiger partial charge in [0.1, 0.15) is 5.82 Å². The predicted molar refractivity (Wildman–Crippen MR) is 118 cm³/mol. The van der Waals surface area contributed by atoms with Crippen LogP contribution in [0.2, 0.25) is 0 Å². The molecule has 0 bridgehead atoms. The Bertz CT molecular complexity index is 1120. The summed E-state index contributed by atoms with van der Waals surface area (Å²) in [6.07, 6.45) is 5.70. The van der Waals surface area contributed by atoms with E-state index in [1.54, 1.807) is 17.1 Å². The highest BCUT2D eigenvalue weighted by Gasteiger charge is 2.19. The second kappa shape index (κ2) is 8.86. The quantitative estimate of drug-likeness (QED) is 0.530. The summed E-state index contributed by atoms with van der Waals surface area (Å²) in [5, 5.41) is 9.52. The van der Waals surface area contributed by atoms with Crippen LogP contribution in [0.3, 0.4) is 0 Å². The minimum Gasteiger partial charge on any atom is -0.354 e. The van der Waals surface area contributed by atoms with Crippen molar-refractivity contribution in [1.29, 1.82) is 0 Å². The highest BCUT2D eigenvalue weighted by molar-refractivity contribution is 5.85. The molecule has 0 amide bonds. The van der Waals surface area contributed by atoms with Gasteiger partial charge in [-0.15, -0.1) is 29.9 Å². The lowest BCUT2D eigenvalue weighted by Crippen LogP contribution is -2.43. The standard InChI is InChI=1S/C19H20N8.2ClH/c20-15-4-2-8-26(12-15)17-10-22-18-19(23-17)27(25-24-18)11-13-5-6-16-14(9-13)3-1-7-21-16;;/h1,3,5-7,9-10,15H,2,4,8,11-12,20H2;2*1H. The lowest BCUT2D eigenvalue weighted by molar-refractivity contribution is 0.503. The van der Waals surface area contributed by atoms with E-state index in [4.69, 9.17) is 10.7 Å². The first-order chi connectivity index (χ1) is 13.3. The Morgan fingerprint density at radius 1 is 1.14 bits per heavy atom. The maximum Gasteiger partial charge on any atom is 0.221 e. The van der Waals surface area contributed by atoms with Gasteiger partial charge in [-0.1, -0.05) is 17.3 Å². The topological polar surface area (TPSA) is 98.6 Å². The van der Waals surface area contributed by atoms with Crippen molar-refractivity contribution in [2.75, 3.05) is 18.0 Å². The fourth-order valence-electron chi connectivity index (χ4n) is 3.62. The van der Waals surface area contributed by atoms with Crippen molar-refractivity contribution in [2.24, 2.45) is 5.73 Å². The van der Waals surface area contributed by atoms with Crippen molar-refractivity contribution >= 4 is 52.8 Å². The lowest BCUT2D eigenvalue weighted by atomic mass is 10.1. The Labute approximate surface area is 180 Å². The van der Waals surface area contributed by atoms with E-state index in [1.807, 2.05) is 12.1 Å². The SMILES string of the molecule is Cl.Cl.NC1CCCN(c2cnc3nnn(Cc4ccc5ncccc5c4)c3n2)C1. The monoisotopic (exact) mass is 432 g/mol. The van der Waals surface area contributed by atoms with Gasteiger partial charge in [-0.25, -0.2) is 14.6 Å². The van der Waals surface area contributed by atoms with Crippen LogP contribution >= 0.6 is 24.8 Å². The Morgan fingerprint density at radius 2 is 2.03 bits per heavy atom. The summed E-state index contributed by atoms with van der Waals surface area (Å²) >= 11 is 0. The first-order valence-corrected chi connectivity index (χ1v) is 9.17. The van der Waals surface area contributed by atoms with Gasteiger partial charge in [0.15, 0.2) is 5.65 Å². The van der Waals surface area contributed by atoms with Crippen LogP contribution in [0.1, 0.15) is 18.4 Å². The Hall–Kier alpha value is -2.55. The molecule has 0 saturated carbocycles. The van der Waals surface area contributed by atoms with Gasteiger partial charge < -0.3 is 10.6 Å². The molecular formula is C19H22Cl2N8. The number of nitrogens with two attached hydrogens (primary N) is 1. The van der Waals surface area contributed by atoms with E-state index in [2.05, 4.69) is 43.4 Å². The summed E-state index contributed by atoms with van der Waals surface area (Å²) in [6.45, 7) is 2.34. The van der Waals surface area contributed by atoms with Gasteiger partial charge in [0, 0.05) is 30.7 Å². The van der Waals surface area contributed by atoms with E-state index in [0.717, 1.165) is 48.2 Å². The van der Waals surface area contributed by atoms with E-state index in [0.29, 0.717) is 17.8 Å². The predicted octanol–water partition coefficient (Wildman–Crippen LogP) is 2.59. The van der Waals surface area contributed by atoms with E-state index in [9.17, 15) is 0 Å². The molecule has 0 spiro atoms. The third kappa shape index (κ3) is 4.24. The molecule has 1 fully saturated rings. The third-order valence-electron chi connectivity index (χ3n) is 5.00. The van der Waals surface area contributed by atoms with E-state index < -0.39 is 0 Å². The molecule has 4 heterocycles. The molecule has 152 valence electrons. The fourth-order valence-corrected chi connectivity index (χ4v) is 3.62. The molecule has 8 nitrogen and oxygen atoms in total. The molecule has 29 heavy (non-hydrogen) atoms.